The van der Waals surface area contributed by atoms with Crippen LogP contribution in [0.25, 0.3) is 21.8 Å². The first-order valence-corrected chi connectivity index (χ1v) is 8.11. The molecule has 7 heteroatoms. The van der Waals surface area contributed by atoms with Crippen molar-refractivity contribution in [1.82, 2.24) is 9.97 Å². The van der Waals surface area contributed by atoms with E-state index in [1.807, 2.05) is 0 Å². The number of pyridine rings is 2. The Balaban J connectivity index is 1.80. The van der Waals surface area contributed by atoms with Gasteiger partial charge in [0.15, 0.2) is 0 Å². The van der Waals surface area contributed by atoms with Crippen molar-refractivity contribution in [1.29, 1.82) is 0 Å². The molecule has 0 aliphatic heterocycles. The number of aryl methyl sites for hydroxylation is 1. The zero-order valence-electron chi connectivity index (χ0n) is 14.1. The average molecular weight is 365 g/mol. The maximum absolute atomic E-state index is 13.6. The van der Waals surface area contributed by atoms with Gasteiger partial charge in [-0.05, 0) is 49.4 Å². The third-order valence-corrected chi connectivity index (χ3v) is 4.23. The van der Waals surface area contributed by atoms with E-state index >= 15 is 0 Å². The van der Waals surface area contributed by atoms with Crippen molar-refractivity contribution >= 4 is 33.4 Å². The number of aromatic amines is 1. The Morgan fingerprint density at radius 2 is 1.74 bits per heavy atom. The highest BCUT2D eigenvalue weighted by atomic mass is 19.1. The van der Waals surface area contributed by atoms with Crippen LogP contribution in [0.1, 0.15) is 16.1 Å². The number of rotatable bonds is 2. The highest BCUT2D eigenvalue weighted by Gasteiger charge is 2.15. The van der Waals surface area contributed by atoms with Gasteiger partial charge in [-0.25, -0.2) is 8.78 Å². The maximum Gasteiger partial charge on any atom is 0.261 e. The summed E-state index contributed by atoms with van der Waals surface area (Å²) in [5.74, 6) is -1.72. The molecule has 0 bridgehead atoms. The Morgan fingerprint density at radius 3 is 2.52 bits per heavy atom. The summed E-state index contributed by atoms with van der Waals surface area (Å²) < 4.78 is 27.1. The summed E-state index contributed by atoms with van der Waals surface area (Å²) in [5.41, 5.74) is 1.13. The first kappa shape index (κ1) is 16.8. The second-order valence-electron chi connectivity index (χ2n) is 6.15. The van der Waals surface area contributed by atoms with Crippen LogP contribution in [0.4, 0.5) is 14.5 Å². The van der Waals surface area contributed by atoms with E-state index in [9.17, 15) is 18.4 Å². The van der Waals surface area contributed by atoms with Gasteiger partial charge in [0.2, 0.25) is 5.43 Å². The van der Waals surface area contributed by atoms with Crippen LogP contribution in [0.5, 0.6) is 0 Å². The fourth-order valence-corrected chi connectivity index (χ4v) is 2.98. The van der Waals surface area contributed by atoms with E-state index in [4.69, 9.17) is 0 Å². The summed E-state index contributed by atoms with van der Waals surface area (Å²) in [4.78, 5) is 32.4. The highest BCUT2D eigenvalue weighted by molar-refractivity contribution is 6.09. The summed E-state index contributed by atoms with van der Waals surface area (Å²) in [7, 11) is 0. The summed E-state index contributed by atoms with van der Waals surface area (Å²) in [5, 5.41) is 3.12. The van der Waals surface area contributed by atoms with Crippen LogP contribution in [-0.4, -0.2) is 15.9 Å². The molecule has 5 nitrogen and oxygen atoms in total. The van der Waals surface area contributed by atoms with Crippen LogP contribution < -0.4 is 10.7 Å². The predicted molar refractivity (Wildman–Crippen MR) is 98.9 cm³/mol. The lowest BCUT2D eigenvalue weighted by atomic mass is 10.1. The summed E-state index contributed by atoms with van der Waals surface area (Å²) in [6.07, 6.45) is 1.27. The molecule has 0 saturated heterocycles. The summed E-state index contributed by atoms with van der Waals surface area (Å²) in [6.45, 7) is 1.74. The molecule has 0 atom stereocenters. The van der Waals surface area contributed by atoms with Crippen LogP contribution in [-0.2, 0) is 0 Å². The molecule has 134 valence electrons. The van der Waals surface area contributed by atoms with Gasteiger partial charge < -0.3 is 10.3 Å². The van der Waals surface area contributed by atoms with Crippen molar-refractivity contribution in [2.75, 3.05) is 5.32 Å². The minimum Gasteiger partial charge on any atom is -0.360 e. The number of hydrogen-bond acceptors (Lipinski definition) is 3. The molecule has 0 spiro atoms. The van der Waals surface area contributed by atoms with E-state index < -0.39 is 23.0 Å². The number of benzene rings is 2. The number of H-pyrrole nitrogens is 1. The fourth-order valence-electron chi connectivity index (χ4n) is 2.98. The first-order valence-electron chi connectivity index (χ1n) is 8.11. The molecule has 2 N–H and O–H groups in total. The van der Waals surface area contributed by atoms with Crippen molar-refractivity contribution in [3.8, 4) is 0 Å². The molecule has 0 aliphatic rings. The lowest BCUT2D eigenvalue weighted by molar-refractivity contribution is 0.102. The number of nitrogens with one attached hydrogen (secondary N) is 2. The zero-order chi connectivity index (χ0) is 19.1. The van der Waals surface area contributed by atoms with Gasteiger partial charge in [-0.1, -0.05) is 0 Å². The Morgan fingerprint density at radius 1 is 1.04 bits per heavy atom. The first-order chi connectivity index (χ1) is 12.9. The average Bonchev–Trinajstić information content (AvgIpc) is 2.63. The van der Waals surface area contributed by atoms with Crippen molar-refractivity contribution in [2.45, 2.75) is 6.92 Å². The predicted octanol–water partition coefficient (Wildman–Crippen LogP) is 3.92. The van der Waals surface area contributed by atoms with E-state index in [0.29, 0.717) is 27.8 Å². The van der Waals surface area contributed by atoms with Crippen molar-refractivity contribution in [3.63, 3.8) is 0 Å². The molecule has 2 heterocycles. The SMILES string of the molecule is Cc1cc(NC(=O)c2c[nH]c3ccc(F)cc3c2=O)c2cc(F)ccc2n1. The summed E-state index contributed by atoms with van der Waals surface area (Å²) >= 11 is 0. The molecular weight excluding hydrogens is 352 g/mol. The number of carbonyl (C=O) groups is 1. The Bertz CT molecular complexity index is 1280. The largest absolute Gasteiger partial charge is 0.360 e. The number of amides is 1. The molecule has 0 aliphatic carbocycles. The summed E-state index contributed by atoms with van der Waals surface area (Å²) in [6, 6.07) is 9.37. The highest BCUT2D eigenvalue weighted by Crippen LogP contribution is 2.24. The van der Waals surface area contributed by atoms with Crippen LogP contribution >= 0.6 is 0 Å². The smallest absolute Gasteiger partial charge is 0.261 e. The standard InChI is InChI=1S/C20H13F2N3O2/c1-10-6-18(13-7-11(21)3-5-17(13)24-10)25-20(27)15-9-23-16-4-2-12(22)8-14(16)19(15)26/h2-9H,1H3,(H,23,26)(H,24,25,27). The maximum atomic E-state index is 13.6. The Labute approximate surface area is 151 Å². The third kappa shape index (κ3) is 3.03. The number of nitrogens with zero attached hydrogens (tertiary/aromatic N) is 1. The van der Waals surface area contributed by atoms with E-state index in [1.165, 1.54) is 36.5 Å². The van der Waals surface area contributed by atoms with E-state index in [2.05, 4.69) is 15.3 Å². The number of anilines is 1. The van der Waals surface area contributed by atoms with Crippen molar-refractivity contribution in [2.24, 2.45) is 0 Å². The van der Waals surface area contributed by atoms with Gasteiger partial charge in [-0.15, -0.1) is 0 Å². The van der Waals surface area contributed by atoms with E-state index in [0.717, 1.165) is 6.07 Å². The van der Waals surface area contributed by atoms with Crippen molar-refractivity contribution < 1.29 is 13.6 Å². The monoisotopic (exact) mass is 365 g/mol. The quantitative estimate of drug-likeness (QED) is 0.565. The van der Waals surface area contributed by atoms with Crippen molar-refractivity contribution in [3.05, 3.63) is 81.8 Å². The van der Waals surface area contributed by atoms with Gasteiger partial charge in [0.25, 0.3) is 5.91 Å². The number of hydrogen-bond donors (Lipinski definition) is 2. The Kier molecular flexibility index (Phi) is 3.92. The van der Waals surface area contributed by atoms with Gasteiger partial charge >= 0.3 is 0 Å². The van der Waals surface area contributed by atoms with Crippen LogP contribution in [0.15, 0.2) is 53.5 Å². The normalized spacial score (nSPS) is 11.1. The zero-order valence-corrected chi connectivity index (χ0v) is 14.1. The number of carbonyl (C=O) groups excluding carboxylic acids is 1. The Hall–Kier alpha value is -3.61. The molecule has 4 rings (SSSR count). The molecule has 2 aromatic heterocycles. The molecule has 0 unspecified atom stereocenters. The lowest BCUT2D eigenvalue weighted by Gasteiger charge is -2.10. The van der Waals surface area contributed by atoms with Gasteiger partial charge in [0.1, 0.15) is 17.2 Å². The molecule has 1 amide bonds. The molecule has 27 heavy (non-hydrogen) atoms. The molecular formula is C20H13F2N3O2. The molecule has 0 fully saturated rings. The molecule has 0 saturated carbocycles. The topological polar surface area (TPSA) is 74.8 Å². The van der Waals surface area contributed by atoms with E-state index in [1.54, 1.807) is 13.0 Å². The van der Waals surface area contributed by atoms with Gasteiger partial charge in [-0.3, -0.25) is 14.6 Å². The van der Waals surface area contributed by atoms with Gasteiger partial charge in [-0.2, -0.15) is 0 Å². The van der Waals surface area contributed by atoms with Gasteiger partial charge in [0.05, 0.1) is 11.2 Å². The van der Waals surface area contributed by atoms with E-state index in [-0.39, 0.29) is 10.9 Å². The number of aromatic nitrogens is 2. The molecule has 4 aromatic rings. The minimum atomic E-state index is -0.682. The fraction of sp³-hybridized carbons (Fsp3) is 0.0500. The number of halogens is 2. The molecule has 2 aromatic carbocycles. The number of fused-ring (bicyclic) bond motifs is 2. The third-order valence-electron chi connectivity index (χ3n) is 4.23. The second kappa shape index (κ2) is 6.28. The van der Waals surface area contributed by atoms with Crippen LogP contribution in [0, 0.1) is 18.6 Å². The molecule has 0 radical (unpaired) electrons. The minimum absolute atomic E-state index is 0.0736. The second-order valence-corrected chi connectivity index (χ2v) is 6.15. The van der Waals surface area contributed by atoms with Crippen LogP contribution in [0.3, 0.4) is 0 Å². The van der Waals surface area contributed by atoms with Gasteiger partial charge in [0, 0.05) is 28.2 Å². The van der Waals surface area contributed by atoms with Crippen LogP contribution in [0.2, 0.25) is 0 Å². The lowest BCUT2D eigenvalue weighted by Crippen LogP contribution is -2.22.